The highest BCUT2D eigenvalue weighted by molar-refractivity contribution is 6.00. The maximum Gasteiger partial charge on any atom is 0.373 e. The molecule has 0 unspecified atom stereocenters. The van der Waals surface area contributed by atoms with Gasteiger partial charge in [0.25, 0.3) is 0 Å². The van der Waals surface area contributed by atoms with Crippen LogP contribution >= 0.6 is 0 Å². The predicted octanol–water partition coefficient (Wildman–Crippen LogP) is 4.22. The number of rotatable bonds is 6. The molecule has 2 N–H and O–H groups in total. The Morgan fingerprint density at radius 1 is 1.16 bits per heavy atom. The van der Waals surface area contributed by atoms with Crippen molar-refractivity contribution in [3.05, 3.63) is 83.4 Å². The predicted molar refractivity (Wildman–Crippen MR) is 113 cm³/mol. The van der Waals surface area contributed by atoms with Crippen LogP contribution in [-0.4, -0.2) is 40.0 Å². The van der Waals surface area contributed by atoms with Gasteiger partial charge in [-0.15, -0.1) is 0 Å². The maximum absolute atomic E-state index is 11.6. The van der Waals surface area contributed by atoms with Crippen molar-refractivity contribution in [2.45, 2.75) is 6.54 Å². The molecular weight excluding hydrogens is 400 g/mol. The van der Waals surface area contributed by atoms with E-state index < -0.39 is 11.9 Å². The number of aromatic nitrogens is 1. The van der Waals surface area contributed by atoms with Crippen LogP contribution in [0.15, 0.2) is 70.2 Å². The molecule has 156 valence electrons. The lowest BCUT2D eigenvalue weighted by Gasteiger charge is -2.02. The summed E-state index contributed by atoms with van der Waals surface area (Å²) in [7, 11) is 1.29. The van der Waals surface area contributed by atoms with E-state index in [-0.39, 0.29) is 17.1 Å². The zero-order valence-corrected chi connectivity index (χ0v) is 16.5. The fourth-order valence-electron chi connectivity index (χ4n) is 3.27. The number of methoxy groups -OCH3 is 1. The molecule has 4 rings (SSSR count). The Balaban J connectivity index is 1.66. The number of nitrogens with zero attached hydrogens (tertiary/aromatic N) is 2. The molecule has 0 aliphatic heterocycles. The van der Waals surface area contributed by atoms with Gasteiger partial charge in [-0.05, 0) is 36.4 Å². The number of fused-ring (bicyclic) bond motifs is 1. The van der Waals surface area contributed by atoms with Crippen molar-refractivity contribution in [3.8, 4) is 5.75 Å². The Kier molecular flexibility index (Phi) is 5.28. The fraction of sp³-hybridized carbons (Fsp3) is 0.0870. The van der Waals surface area contributed by atoms with Crippen LogP contribution in [0.25, 0.3) is 10.9 Å². The maximum atomic E-state index is 11.6. The number of phenols is 1. The molecule has 2 aromatic heterocycles. The third-order valence-electron chi connectivity index (χ3n) is 4.76. The second-order valence-corrected chi connectivity index (χ2v) is 6.75. The molecule has 4 aromatic rings. The molecule has 0 radical (unpaired) electrons. The minimum absolute atomic E-state index is 0.136. The Labute approximate surface area is 176 Å². The fourth-order valence-corrected chi connectivity index (χ4v) is 3.27. The number of hydrogen-bond donors (Lipinski definition) is 2. The number of aromatic hydroxyl groups is 1. The SMILES string of the molecule is COC(=O)c1ccc(Cn2cc(C=Nc3ccc(O)c(C(=O)O)c3)c3ccccc32)o1. The number of carbonyl (C=O) groups excluding carboxylic acids is 1. The summed E-state index contributed by atoms with van der Waals surface area (Å²) in [5.41, 5.74) is 1.95. The third kappa shape index (κ3) is 4.04. The van der Waals surface area contributed by atoms with Gasteiger partial charge in [0.05, 0.1) is 19.3 Å². The topological polar surface area (TPSA) is 114 Å². The highest BCUT2D eigenvalue weighted by Crippen LogP contribution is 2.25. The second kappa shape index (κ2) is 8.19. The number of ether oxygens (including phenoxy) is 1. The van der Waals surface area contributed by atoms with Crippen LogP contribution in [0.5, 0.6) is 5.75 Å². The van der Waals surface area contributed by atoms with Crippen LogP contribution in [0.4, 0.5) is 5.69 Å². The highest BCUT2D eigenvalue weighted by atomic mass is 16.5. The van der Waals surface area contributed by atoms with E-state index in [0.717, 1.165) is 16.5 Å². The summed E-state index contributed by atoms with van der Waals surface area (Å²) in [5.74, 6) is -1.35. The standard InChI is InChI=1S/C23H18N2O6/c1-30-23(29)21-9-7-16(31-21)13-25-12-14(17-4-2-3-5-19(17)25)11-24-15-6-8-20(26)18(10-15)22(27)28/h2-12,26H,13H2,1H3,(H,27,28). The van der Waals surface area contributed by atoms with Crippen molar-refractivity contribution in [2.24, 2.45) is 4.99 Å². The summed E-state index contributed by atoms with van der Waals surface area (Å²) in [5, 5.41) is 19.8. The van der Waals surface area contributed by atoms with E-state index in [4.69, 9.17) is 9.52 Å². The molecule has 0 bridgehead atoms. The summed E-state index contributed by atoms with van der Waals surface area (Å²) in [6, 6.07) is 15.2. The number of carbonyl (C=O) groups is 2. The number of esters is 1. The van der Waals surface area contributed by atoms with Crippen LogP contribution in [0.2, 0.25) is 0 Å². The van der Waals surface area contributed by atoms with E-state index in [9.17, 15) is 14.7 Å². The lowest BCUT2D eigenvalue weighted by molar-refractivity contribution is 0.0562. The molecule has 0 saturated carbocycles. The Morgan fingerprint density at radius 3 is 2.74 bits per heavy atom. The van der Waals surface area contributed by atoms with Gasteiger partial charge >= 0.3 is 11.9 Å². The summed E-state index contributed by atoms with van der Waals surface area (Å²) < 4.78 is 12.2. The van der Waals surface area contributed by atoms with Gasteiger partial charge in [0.15, 0.2) is 0 Å². The molecule has 0 aliphatic carbocycles. The van der Waals surface area contributed by atoms with Gasteiger partial charge in [0.2, 0.25) is 5.76 Å². The summed E-state index contributed by atoms with van der Waals surface area (Å²) in [6.07, 6.45) is 3.53. The molecule has 0 spiro atoms. The summed E-state index contributed by atoms with van der Waals surface area (Å²) in [4.78, 5) is 27.2. The van der Waals surface area contributed by atoms with E-state index >= 15 is 0 Å². The molecule has 0 fully saturated rings. The van der Waals surface area contributed by atoms with E-state index in [1.807, 2.05) is 35.0 Å². The molecule has 2 aromatic carbocycles. The lowest BCUT2D eigenvalue weighted by atomic mass is 10.1. The van der Waals surface area contributed by atoms with Crippen LogP contribution in [0.1, 0.15) is 32.2 Å². The number of benzene rings is 2. The van der Waals surface area contributed by atoms with Gasteiger partial charge in [0.1, 0.15) is 17.1 Å². The van der Waals surface area contributed by atoms with Gasteiger partial charge in [-0.1, -0.05) is 18.2 Å². The van der Waals surface area contributed by atoms with Crippen LogP contribution in [-0.2, 0) is 11.3 Å². The Bertz CT molecular complexity index is 1310. The summed E-state index contributed by atoms with van der Waals surface area (Å²) >= 11 is 0. The van der Waals surface area contributed by atoms with E-state index in [1.54, 1.807) is 18.3 Å². The molecule has 0 amide bonds. The van der Waals surface area contributed by atoms with E-state index in [1.165, 1.54) is 25.3 Å². The normalized spacial score (nSPS) is 11.3. The Hall–Kier alpha value is -4.33. The number of aliphatic imine (C=N–C) groups is 1. The average Bonchev–Trinajstić information content (AvgIpc) is 3.38. The van der Waals surface area contributed by atoms with E-state index in [2.05, 4.69) is 9.73 Å². The number of aromatic carboxylic acids is 1. The molecule has 31 heavy (non-hydrogen) atoms. The zero-order valence-electron chi connectivity index (χ0n) is 16.5. The first-order valence-corrected chi connectivity index (χ1v) is 9.31. The third-order valence-corrected chi connectivity index (χ3v) is 4.76. The molecule has 0 saturated heterocycles. The minimum atomic E-state index is -1.23. The van der Waals surface area contributed by atoms with Gasteiger partial charge in [-0.2, -0.15) is 0 Å². The van der Waals surface area contributed by atoms with Gasteiger partial charge in [-0.25, -0.2) is 9.59 Å². The molecule has 8 heteroatoms. The molecular formula is C23H18N2O6. The van der Waals surface area contributed by atoms with Gasteiger partial charge in [-0.3, -0.25) is 4.99 Å². The van der Waals surface area contributed by atoms with Crippen LogP contribution in [0.3, 0.4) is 0 Å². The van der Waals surface area contributed by atoms with Crippen molar-refractivity contribution in [2.75, 3.05) is 7.11 Å². The largest absolute Gasteiger partial charge is 0.507 e. The second-order valence-electron chi connectivity index (χ2n) is 6.75. The lowest BCUT2D eigenvalue weighted by Crippen LogP contribution is -1.99. The zero-order chi connectivity index (χ0) is 22.0. The average molecular weight is 418 g/mol. The van der Waals surface area contributed by atoms with Crippen molar-refractivity contribution >= 4 is 34.7 Å². The minimum Gasteiger partial charge on any atom is -0.507 e. The molecule has 2 heterocycles. The first-order valence-electron chi connectivity index (χ1n) is 9.31. The first-order chi connectivity index (χ1) is 15.0. The molecule has 0 aliphatic rings. The van der Waals surface area contributed by atoms with Gasteiger partial charge in [0, 0.05) is 28.9 Å². The smallest absolute Gasteiger partial charge is 0.373 e. The monoisotopic (exact) mass is 418 g/mol. The molecule has 8 nitrogen and oxygen atoms in total. The Morgan fingerprint density at radius 2 is 1.97 bits per heavy atom. The number of carboxylic acids is 1. The van der Waals surface area contributed by atoms with Crippen LogP contribution in [0, 0.1) is 0 Å². The quantitative estimate of drug-likeness (QED) is 0.358. The number of furan rings is 1. The van der Waals surface area contributed by atoms with Crippen LogP contribution < -0.4 is 0 Å². The number of para-hydroxylation sites is 1. The molecule has 0 atom stereocenters. The van der Waals surface area contributed by atoms with Crippen molar-refractivity contribution < 1.29 is 29.0 Å². The van der Waals surface area contributed by atoms with Gasteiger partial charge < -0.3 is 23.9 Å². The van der Waals surface area contributed by atoms with Crippen molar-refractivity contribution in [1.29, 1.82) is 0 Å². The van der Waals surface area contributed by atoms with Crippen molar-refractivity contribution in [1.82, 2.24) is 4.57 Å². The first kappa shape index (κ1) is 20.0. The number of carboxylic acid groups (broad SMARTS) is 1. The number of hydrogen-bond acceptors (Lipinski definition) is 6. The highest BCUT2D eigenvalue weighted by Gasteiger charge is 2.14. The van der Waals surface area contributed by atoms with Crippen molar-refractivity contribution in [3.63, 3.8) is 0 Å². The van der Waals surface area contributed by atoms with E-state index in [0.29, 0.717) is 18.0 Å². The summed E-state index contributed by atoms with van der Waals surface area (Å²) in [6.45, 7) is 0.397.